The molecular weight excluding hydrogens is 268 g/mol. The van der Waals surface area contributed by atoms with Crippen LogP contribution in [0, 0.1) is 0 Å². The first-order chi connectivity index (χ1) is 10.3. The normalized spacial score (nSPS) is 23.3. The zero-order valence-corrected chi connectivity index (χ0v) is 11.2. The standard InChI is InChI=1S/C16H14N2O3/c19-16(20)15-8-6-12-21-11-4-2-1-3-9-18-10-5-7-14(18)13-17-15/h1-13H,(H,19,20)/b2-1-,9-3-,11-4-,12-6-,15-8-,17-13?. The lowest BCUT2D eigenvalue weighted by molar-refractivity contribution is -0.132. The lowest BCUT2D eigenvalue weighted by Gasteiger charge is -1.98. The van der Waals surface area contributed by atoms with Gasteiger partial charge < -0.3 is 14.4 Å². The Morgan fingerprint density at radius 2 is 1.95 bits per heavy atom. The molecular formula is C16H14N2O3. The summed E-state index contributed by atoms with van der Waals surface area (Å²) in [5.74, 6) is -1.11. The summed E-state index contributed by atoms with van der Waals surface area (Å²) >= 11 is 0. The van der Waals surface area contributed by atoms with Gasteiger partial charge in [-0.3, -0.25) is 0 Å². The predicted molar refractivity (Wildman–Crippen MR) is 81.6 cm³/mol. The molecule has 0 unspecified atom stereocenters. The molecule has 0 spiro atoms. The molecule has 1 aromatic rings. The molecule has 2 heterocycles. The van der Waals surface area contributed by atoms with Gasteiger partial charge in [-0.05, 0) is 36.4 Å². The Morgan fingerprint density at radius 3 is 2.81 bits per heavy atom. The molecule has 0 saturated heterocycles. The molecule has 0 radical (unpaired) electrons. The number of aliphatic imine (C=N–C) groups is 1. The number of ether oxygens (including phenoxy) is 1. The fourth-order valence-electron chi connectivity index (χ4n) is 1.54. The lowest BCUT2D eigenvalue weighted by Crippen LogP contribution is -1.99. The highest BCUT2D eigenvalue weighted by Gasteiger charge is 2.03. The minimum Gasteiger partial charge on any atom is -0.477 e. The van der Waals surface area contributed by atoms with Crippen molar-refractivity contribution in [3.8, 4) is 0 Å². The van der Waals surface area contributed by atoms with E-state index in [1.54, 1.807) is 6.08 Å². The zero-order chi connectivity index (χ0) is 14.9. The van der Waals surface area contributed by atoms with Crippen LogP contribution in [0.1, 0.15) is 5.69 Å². The molecule has 1 aliphatic rings. The Labute approximate surface area is 122 Å². The number of fused-ring (bicyclic) bond motifs is 1. The minimum absolute atomic E-state index is 0.0800. The second-order valence-electron chi connectivity index (χ2n) is 3.98. The number of carbonyl (C=O) groups is 1. The monoisotopic (exact) mass is 282 g/mol. The molecule has 0 aromatic carbocycles. The molecule has 0 saturated carbocycles. The van der Waals surface area contributed by atoms with Crippen molar-refractivity contribution >= 4 is 18.4 Å². The van der Waals surface area contributed by atoms with Crippen LogP contribution in [-0.2, 0) is 9.53 Å². The first-order valence-electron chi connectivity index (χ1n) is 6.24. The Balaban J connectivity index is 2.36. The average molecular weight is 282 g/mol. The molecule has 5 heteroatoms. The zero-order valence-electron chi connectivity index (χ0n) is 11.2. The minimum atomic E-state index is -1.11. The Kier molecular flexibility index (Phi) is 5.11. The van der Waals surface area contributed by atoms with Gasteiger partial charge in [0, 0.05) is 12.4 Å². The SMILES string of the molecule is O=C(O)/C1=C/C=C\O\C=C/C=C\C=C/n2cccc2C=N1. The molecule has 0 aliphatic carbocycles. The van der Waals surface area contributed by atoms with E-state index < -0.39 is 5.97 Å². The number of hydrogen-bond acceptors (Lipinski definition) is 3. The first kappa shape index (κ1) is 14.3. The highest BCUT2D eigenvalue weighted by atomic mass is 16.5. The average Bonchev–Trinajstić information content (AvgIpc) is 2.90. The van der Waals surface area contributed by atoms with E-state index >= 15 is 0 Å². The quantitative estimate of drug-likeness (QED) is 0.861. The summed E-state index contributed by atoms with van der Waals surface area (Å²) < 4.78 is 6.89. The third kappa shape index (κ3) is 4.50. The number of carboxylic acids is 1. The van der Waals surface area contributed by atoms with Crippen molar-refractivity contribution in [1.29, 1.82) is 0 Å². The van der Waals surface area contributed by atoms with Crippen molar-refractivity contribution in [1.82, 2.24) is 4.57 Å². The molecule has 5 nitrogen and oxygen atoms in total. The summed E-state index contributed by atoms with van der Waals surface area (Å²) in [6.45, 7) is 0. The Morgan fingerprint density at radius 1 is 1.14 bits per heavy atom. The maximum atomic E-state index is 11.1. The number of nitrogens with zero attached hydrogens (tertiary/aromatic N) is 2. The maximum Gasteiger partial charge on any atom is 0.354 e. The second kappa shape index (κ2) is 7.49. The van der Waals surface area contributed by atoms with Gasteiger partial charge in [-0.2, -0.15) is 0 Å². The van der Waals surface area contributed by atoms with Crippen LogP contribution in [0.25, 0.3) is 6.20 Å². The van der Waals surface area contributed by atoms with E-state index in [9.17, 15) is 4.79 Å². The van der Waals surface area contributed by atoms with Gasteiger partial charge >= 0.3 is 5.97 Å². The highest BCUT2D eigenvalue weighted by molar-refractivity contribution is 5.91. The summed E-state index contributed by atoms with van der Waals surface area (Å²) in [7, 11) is 0. The van der Waals surface area contributed by atoms with Crippen molar-refractivity contribution in [2.75, 3.05) is 0 Å². The van der Waals surface area contributed by atoms with E-state index in [-0.39, 0.29) is 5.70 Å². The smallest absolute Gasteiger partial charge is 0.354 e. The second-order valence-corrected chi connectivity index (χ2v) is 3.98. The van der Waals surface area contributed by atoms with Crippen molar-refractivity contribution in [3.05, 3.63) is 78.7 Å². The van der Waals surface area contributed by atoms with E-state index in [1.807, 2.05) is 47.3 Å². The summed E-state index contributed by atoms with van der Waals surface area (Å²) in [6, 6.07) is 3.70. The summed E-state index contributed by atoms with van der Waals surface area (Å²) in [4.78, 5) is 15.1. The van der Waals surface area contributed by atoms with E-state index in [4.69, 9.17) is 9.84 Å². The molecule has 0 fully saturated rings. The fraction of sp³-hybridized carbons (Fsp3) is 0. The third-order valence-corrected chi connectivity index (χ3v) is 2.52. The summed E-state index contributed by atoms with van der Waals surface area (Å²) in [5.41, 5.74) is 0.695. The van der Waals surface area contributed by atoms with E-state index in [2.05, 4.69) is 4.99 Å². The van der Waals surface area contributed by atoms with Crippen LogP contribution in [0.2, 0.25) is 0 Å². The topological polar surface area (TPSA) is 63.8 Å². The number of rotatable bonds is 1. The number of aromatic nitrogens is 1. The van der Waals surface area contributed by atoms with Gasteiger partial charge in [-0.25, -0.2) is 9.79 Å². The molecule has 0 amide bonds. The maximum absolute atomic E-state index is 11.1. The van der Waals surface area contributed by atoms with Crippen molar-refractivity contribution in [2.24, 2.45) is 4.99 Å². The van der Waals surface area contributed by atoms with Crippen LogP contribution < -0.4 is 0 Å². The Hall–Kier alpha value is -3.08. The van der Waals surface area contributed by atoms with Gasteiger partial charge in [0.25, 0.3) is 0 Å². The van der Waals surface area contributed by atoms with Gasteiger partial charge in [0.05, 0.1) is 24.4 Å². The molecule has 106 valence electrons. The van der Waals surface area contributed by atoms with Gasteiger partial charge in [-0.15, -0.1) is 0 Å². The predicted octanol–water partition coefficient (Wildman–Crippen LogP) is 2.96. The van der Waals surface area contributed by atoms with Crippen LogP contribution in [-0.4, -0.2) is 21.9 Å². The Bertz CT molecular complexity index is 673. The van der Waals surface area contributed by atoms with Gasteiger partial charge in [0.15, 0.2) is 0 Å². The highest BCUT2D eigenvalue weighted by Crippen LogP contribution is 2.04. The van der Waals surface area contributed by atoms with Crippen LogP contribution in [0.5, 0.6) is 0 Å². The van der Waals surface area contributed by atoms with Gasteiger partial charge in [0.2, 0.25) is 0 Å². The van der Waals surface area contributed by atoms with Gasteiger partial charge in [0.1, 0.15) is 5.70 Å². The number of aliphatic carboxylic acids is 1. The fourth-order valence-corrected chi connectivity index (χ4v) is 1.54. The molecule has 1 N–H and O–H groups in total. The van der Waals surface area contributed by atoms with E-state index in [0.29, 0.717) is 0 Å². The molecule has 0 atom stereocenters. The van der Waals surface area contributed by atoms with Crippen molar-refractivity contribution in [3.63, 3.8) is 0 Å². The molecule has 1 aliphatic heterocycles. The lowest BCUT2D eigenvalue weighted by atomic mass is 10.4. The van der Waals surface area contributed by atoms with Gasteiger partial charge in [-0.1, -0.05) is 12.2 Å². The van der Waals surface area contributed by atoms with Crippen LogP contribution in [0.4, 0.5) is 0 Å². The number of allylic oxidation sites excluding steroid dienone is 6. The summed E-state index contributed by atoms with van der Waals surface area (Å²) in [6.07, 6.45) is 18.2. The summed E-state index contributed by atoms with van der Waals surface area (Å²) in [5, 5.41) is 9.09. The largest absolute Gasteiger partial charge is 0.477 e. The van der Waals surface area contributed by atoms with E-state index in [0.717, 1.165) is 5.69 Å². The van der Waals surface area contributed by atoms with Crippen molar-refractivity contribution in [2.45, 2.75) is 0 Å². The molecule has 1 aromatic heterocycles. The van der Waals surface area contributed by atoms with Crippen LogP contribution in [0.15, 0.2) is 78.0 Å². The number of carboxylic acid groups (broad SMARTS) is 1. The first-order valence-corrected chi connectivity index (χ1v) is 6.24. The molecule has 21 heavy (non-hydrogen) atoms. The number of hydrogen-bond donors (Lipinski definition) is 1. The van der Waals surface area contributed by atoms with Crippen LogP contribution in [0.3, 0.4) is 0 Å². The third-order valence-electron chi connectivity index (χ3n) is 2.52. The van der Waals surface area contributed by atoms with Crippen LogP contribution >= 0.6 is 0 Å². The molecule has 2 rings (SSSR count). The van der Waals surface area contributed by atoms with E-state index in [1.165, 1.54) is 30.9 Å². The molecule has 0 bridgehead atoms. The van der Waals surface area contributed by atoms with Crippen molar-refractivity contribution < 1.29 is 14.6 Å².